The molecule has 0 aliphatic carbocycles. The SMILES string of the molecule is CCCCCCCCOc1ccc2c(OC)c(OC)c(=O)n(C(C)C)c2c1. The predicted molar refractivity (Wildman–Crippen MR) is 111 cm³/mol. The summed E-state index contributed by atoms with van der Waals surface area (Å²) in [5, 5.41) is 0.842. The van der Waals surface area contributed by atoms with Gasteiger partial charge in [-0.05, 0) is 32.4 Å². The molecule has 0 aliphatic heterocycles. The Morgan fingerprint density at radius 3 is 2.26 bits per heavy atom. The fourth-order valence-corrected chi connectivity index (χ4v) is 3.40. The van der Waals surface area contributed by atoms with Crippen molar-refractivity contribution in [1.82, 2.24) is 4.57 Å². The molecule has 0 atom stereocenters. The molecule has 0 aliphatic rings. The van der Waals surface area contributed by atoms with Crippen LogP contribution in [-0.4, -0.2) is 25.4 Å². The fraction of sp³-hybridized carbons (Fsp3) is 0.591. The standard InChI is InChI=1S/C22H33NO4/c1-6-7-8-9-10-11-14-27-17-12-13-18-19(15-17)23(16(2)3)22(24)21(26-5)20(18)25-4/h12-13,15-16H,6-11,14H2,1-5H3. The van der Waals surface area contributed by atoms with Crippen LogP contribution in [0.5, 0.6) is 17.2 Å². The molecule has 0 radical (unpaired) electrons. The number of methoxy groups -OCH3 is 2. The van der Waals surface area contributed by atoms with Crippen molar-refractivity contribution < 1.29 is 14.2 Å². The van der Waals surface area contributed by atoms with Gasteiger partial charge in [-0.1, -0.05) is 39.0 Å². The van der Waals surface area contributed by atoms with Gasteiger partial charge in [0.2, 0.25) is 5.75 Å². The highest BCUT2D eigenvalue weighted by atomic mass is 16.5. The van der Waals surface area contributed by atoms with Crippen molar-refractivity contribution >= 4 is 10.9 Å². The average molecular weight is 376 g/mol. The third-order valence-corrected chi connectivity index (χ3v) is 4.78. The minimum atomic E-state index is -0.190. The number of benzene rings is 1. The van der Waals surface area contributed by atoms with Crippen LogP contribution in [0, 0.1) is 0 Å². The van der Waals surface area contributed by atoms with Crippen LogP contribution < -0.4 is 19.8 Å². The van der Waals surface area contributed by atoms with Crippen LogP contribution >= 0.6 is 0 Å². The van der Waals surface area contributed by atoms with Crippen LogP contribution in [0.4, 0.5) is 0 Å². The summed E-state index contributed by atoms with van der Waals surface area (Å²) in [7, 11) is 3.05. The molecule has 0 saturated heterocycles. The zero-order valence-electron chi connectivity index (χ0n) is 17.3. The maximum atomic E-state index is 12.8. The summed E-state index contributed by atoms with van der Waals surface area (Å²) in [6.45, 7) is 6.88. The topological polar surface area (TPSA) is 49.7 Å². The Balaban J connectivity index is 2.25. The number of pyridine rings is 1. The molecule has 2 rings (SSSR count). The van der Waals surface area contributed by atoms with E-state index < -0.39 is 0 Å². The number of aromatic nitrogens is 1. The highest BCUT2D eigenvalue weighted by molar-refractivity contribution is 5.89. The third kappa shape index (κ3) is 4.96. The van der Waals surface area contributed by atoms with E-state index in [0.717, 1.165) is 23.1 Å². The van der Waals surface area contributed by atoms with Crippen molar-refractivity contribution in [1.29, 1.82) is 0 Å². The van der Waals surface area contributed by atoms with E-state index >= 15 is 0 Å². The van der Waals surface area contributed by atoms with Gasteiger partial charge in [0.15, 0.2) is 5.75 Å². The molecule has 5 nitrogen and oxygen atoms in total. The lowest BCUT2D eigenvalue weighted by molar-refractivity contribution is 0.304. The molecule has 0 unspecified atom stereocenters. The summed E-state index contributed by atoms with van der Waals surface area (Å²) in [6.07, 6.45) is 7.37. The fourth-order valence-electron chi connectivity index (χ4n) is 3.40. The molecule has 0 bridgehead atoms. The maximum Gasteiger partial charge on any atom is 0.297 e. The molecule has 0 saturated carbocycles. The lowest BCUT2D eigenvalue weighted by atomic mass is 10.1. The molecular formula is C22H33NO4. The number of hydrogen-bond donors (Lipinski definition) is 0. The minimum absolute atomic E-state index is 0.00591. The number of ether oxygens (including phenoxy) is 3. The Morgan fingerprint density at radius 1 is 0.963 bits per heavy atom. The van der Waals surface area contributed by atoms with Crippen molar-refractivity contribution in [2.24, 2.45) is 0 Å². The van der Waals surface area contributed by atoms with Crippen LogP contribution in [0.3, 0.4) is 0 Å². The summed E-state index contributed by atoms with van der Waals surface area (Å²) in [5.41, 5.74) is 0.609. The Kier molecular flexibility index (Phi) is 8.01. The Hall–Kier alpha value is -2.17. The molecule has 1 aromatic heterocycles. The second kappa shape index (κ2) is 10.2. The van der Waals surface area contributed by atoms with E-state index in [9.17, 15) is 4.79 Å². The van der Waals surface area contributed by atoms with Crippen LogP contribution in [0.2, 0.25) is 0 Å². The number of hydrogen-bond acceptors (Lipinski definition) is 4. The molecule has 0 fully saturated rings. The Morgan fingerprint density at radius 2 is 1.63 bits per heavy atom. The average Bonchev–Trinajstić information content (AvgIpc) is 2.65. The normalized spacial score (nSPS) is 11.2. The maximum absolute atomic E-state index is 12.8. The summed E-state index contributed by atoms with van der Waals surface area (Å²) >= 11 is 0. The van der Waals surface area contributed by atoms with E-state index in [-0.39, 0.29) is 17.4 Å². The number of rotatable bonds is 11. The van der Waals surface area contributed by atoms with Crippen molar-refractivity contribution in [3.8, 4) is 17.2 Å². The van der Waals surface area contributed by atoms with E-state index in [2.05, 4.69) is 6.92 Å². The van der Waals surface area contributed by atoms with Crippen LogP contribution in [0.25, 0.3) is 10.9 Å². The van der Waals surface area contributed by atoms with Gasteiger partial charge in [-0.3, -0.25) is 4.79 Å². The van der Waals surface area contributed by atoms with Gasteiger partial charge in [0.05, 0.1) is 26.3 Å². The minimum Gasteiger partial charge on any atom is -0.494 e. The lowest BCUT2D eigenvalue weighted by Crippen LogP contribution is -2.24. The van der Waals surface area contributed by atoms with E-state index in [1.165, 1.54) is 39.2 Å². The van der Waals surface area contributed by atoms with Crippen molar-refractivity contribution in [2.45, 2.75) is 65.3 Å². The summed E-state index contributed by atoms with van der Waals surface area (Å²) in [6, 6.07) is 5.78. The van der Waals surface area contributed by atoms with Gasteiger partial charge in [-0.15, -0.1) is 0 Å². The number of nitrogens with zero attached hydrogens (tertiary/aromatic N) is 1. The third-order valence-electron chi connectivity index (χ3n) is 4.78. The van der Waals surface area contributed by atoms with E-state index in [1.54, 1.807) is 11.7 Å². The molecule has 2 aromatic rings. The molecule has 0 amide bonds. The molecule has 150 valence electrons. The van der Waals surface area contributed by atoms with E-state index in [4.69, 9.17) is 14.2 Å². The van der Waals surface area contributed by atoms with Gasteiger partial charge in [0.1, 0.15) is 5.75 Å². The first-order valence-corrected chi connectivity index (χ1v) is 9.98. The zero-order valence-corrected chi connectivity index (χ0v) is 17.3. The van der Waals surface area contributed by atoms with Gasteiger partial charge >= 0.3 is 0 Å². The van der Waals surface area contributed by atoms with Crippen LogP contribution in [-0.2, 0) is 0 Å². The summed E-state index contributed by atoms with van der Waals surface area (Å²) < 4.78 is 18.5. The van der Waals surface area contributed by atoms with Crippen LogP contribution in [0.1, 0.15) is 65.3 Å². The zero-order chi connectivity index (χ0) is 19.8. The molecular weight excluding hydrogens is 342 g/mol. The molecule has 1 heterocycles. The highest BCUT2D eigenvalue weighted by Crippen LogP contribution is 2.35. The first-order chi connectivity index (χ1) is 13.0. The smallest absolute Gasteiger partial charge is 0.297 e. The largest absolute Gasteiger partial charge is 0.494 e. The van der Waals surface area contributed by atoms with E-state index in [1.807, 2.05) is 32.0 Å². The molecule has 0 spiro atoms. The summed E-state index contributed by atoms with van der Waals surface area (Å²) in [5.74, 6) is 1.48. The molecule has 5 heteroatoms. The second-order valence-corrected chi connectivity index (χ2v) is 7.13. The van der Waals surface area contributed by atoms with Gasteiger partial charge in [0.25, 0.3) is 5.56 Å². The van der Waals surface area contributed by atoms with Gasteiger partial charge in [0, 0.05) is 17.5 Å². The lowest BCUT2D eigenvalue weighted by Gasteiger charge is -2.19. The molecule has 0 N–H and O–H groups in total. The molecule has 27 heavy (non-hydrogen) atoms. The first kappa shape index (κ1) is 21.1. The first-order valence-electron chi connectivity index (χ1n) is 9.98. The number of fused-ring (bicyclic) bond motifs is 1. The monoisotopic (exact) mass is 375 g/mol. The Labute approximate surface area is 162 Å². The summed E-state index contributed by atoms with van der Waals surface area (Å²) in [4.78, 5) is 12.8. The van der Waals surface area contributed by atoms with E-state index in [0.29, 0.717) is 12.4 Å². The van der Waals surface area contributed by atoms with Crippen LogP contribution in [0.15, 0.2) is 23.0 Å². The molecule has 1 aromatic carbocycles. The van der Waals surface area contributed by atoms with Crippen molar-refractivity contribution in [3.63, 3.8) is 0 Å². The van der Waals surface area contributed by atoms with Gasteiger partial charge in [-0.2, -0.15) is 0 Å². The predicted octanol–water partition coefficient (Wildman–Crippen LogP) is 5.34. The van der Waals surface area contributed by atoms with Gasteiger partial charge < -0.3 is 18.8 Å². The highest BCUT2D eigenvalue weighted by Gasteiger charge is 2.20. The van der Waals surface area contributed by atoms with Gasteiger partial charge in [-0.25, -0.2) is 0 Å². The van der Waals surface area contributed by atoms with Crippen molar-refractivity contribution in [2.75, 3.05) is 20.8 Å². The van der Waals surface area contributed by atoms with Crippen molar-refractivity contribution in [3.05, 3.63) is 28.6 Å². The second-order valence-electron chi connectivity index (χ2n) is 7.13. The Bertz CT molecular complexity index is 795. The number of unbranched alkanes of at least 4 members (excludes halogenated alkanes) is 5. The quantitative estimate of drug-likeness (QED) is 0.498.